The van der Waals surface area contributed by atoms with E-state index in [1.807, 2.05) is 47.6 Å². The Kier molecular flexibility index (Phi) is 10.5. The predicted octanol–water partition coefficient (Wildman–Crippen LogP) is 4.13. The fourth-order valence-corrected chi connectivity index (χ4v) is 6.39. The van der Waals surface area contributed by atoms with Crippen molar-refractivity contribution in [1.82, 2.24) is 15.1 Å². The lowest BCUT2D eigenvalue weighted by Gasteiger charge is -2.35. The second kappa shape index (κ2) is 13.8. The minimum absolute atomic E-state index is 0.0331. The molecule has 45 heavy (non-hydrogen) atoms. The number of fused-ring (bicyclic) bond motifs is 3. The average molecular weight is 632 g/mol. The Morgan fingerprint density at radius 2 is 1.80 bits per heavy atom. The summed E-state index contributed by atoms with van der Waals surface area (Å²) in [6, 6.07) is -2.00. The normalized spacial score (nSPS) is 28.9. The number of ether oxygens (including phenoxy) is 4. The van der Waals surface area contributed by atoms with Gasteiger partial charge in [0.05, 0.1) is 26.9 Å². The van der Waals surface area contributed by atoms with E-state index in [1.165, 1.54) is 12.0 Å². The van der Waals surface area contributed by atoms with Crippen LogP contribution in [0.2, 0.25) is 0 Å². The van der Waals surface area contributed by atoms with Gasteiger partial charge in [0.1, 0.15) is 18.2 Å². The standard InChI is InChI=1S/C33H49N3O9/c1-20-13-21-16-35-17-22(21)14-24(20)28(38)43-12-10-8-9-11-33(5,6)19-44-30(40)34-26(32(2,3)4)27(37)36-18-23(45-31(35)41)15-25(36)29(39)42-7/h14,20,23,25-26H,8-13,15-19H2,1-7H3,(H,34,40)/t20?,23-,25?,26-/m1/s1. The first kappa shape index (κ1) is 34.3. The van der Waals surface area contributed by atoms with Crippen LogP contribution in [0.3, 0.4) is 0 Å². The van der Waals surface area contributed by atoms with Crippen LogP contribution in [0.1, 0.15) is 80.1 Å². The lowest BCUT2D eigenvalue weighted by molar-refractivity contribution is -0.152. The molecule has 0 aromatic carbocycles. The van der Waals surface area contributed by atoms with E-state index in [4.69, 9.17) is 18.9 Å². The van der Waals surface area contributed by atoms with E-state index in [2.05, 4.69) is 5.32 Å². The zero-order chi connectivity index (χ0) is 33.1. The molecular formula is C33H49N3O9. The predicted molar refractivity (Wildman–Crippen MR) is 164 cm³/mol. The molecule has 12 nitrogen and oxygen atoms in total. The molecule has 3 aliphatic heterocycles. The number of rotatable bonds is 1. The number of carbonyl (C=O) groups excluding carboxylic acids is 5. The van der Waals surface area contributed by atoms with Gasteiger partial charge in [0.15, 0.2) is 0 Å². The molecule has 1 fully saturated rings. The molecular weight excluding hydrogens is 582 g/mol. The molecule has 250 valence electrons. The summed E-state index contributed by atoms with van der Waals surface area (Å²) in [5.74, 6) is -1.49. The molecule has 3 heterocycles. The molecule has 5 bridgehead atoms. The maximum absolute atomic E-state index is 14.0. The number of methoxy groups -OCH3 is 1. The molecule has 0 spiro atoms. The molecule has 1 saturated heterocycles. The Hall–Kier alpha value is -3.57. The van der Waals surface area contributed by atoms with Crippen LogP contribution in [0.5, 0.6) is 0 Å². The zero-order valence-corrected chi connectivity index (χ0v) is 27.7. The fraction of sp³-hybridized carbons (Fsp3) is 0.727. The van der Waals surface area contributed by atoms with E-state index in [-0.39, 0.29) is 36.9 Å². The van der Waals surface area contributed by atoms with Gasteiger partial charge >= 0.3 is 24.1 Å². The van der Waals surface area contributed by atoms with Gasteiger partial charge in [-0.3, -0.25) is 9.69 Å². The first-order valence-electron chi connectivity index (χ1n) is 16.0. The highest BCUT2D eigenvalue weighted by Gasteiger charge is 2.47. The Bertz CT molecular complexity index is 1250. The lowest BCUT2D eigenvalue weighted by Crippen LogP contribution is -2.57. The molecule has 0 saturated carbocycles. The number of cyclic esters (lactones) is 2. The van der Waals surface area contributed by atoms with E-state index in [0.29, 0.717) is 31.7 Å². The highest BCUT2D eigenvalue weighted by Crippen LogP contribution is 2.35. The topological polar surface area (TPSA) is 141 Å². The van der Waals surface area contributed by atoms with Crippen molar-refractivity contribution >= 4 is 30.0 Å². The van der Waals surface area contributed by atoms with Crippen molar-refractivity contribution in [2.45, 2.75) is 98.3 Å². The summed E-state index contributed by atoms with van der Waals surface area (Å²) >= 11 is 0. The van der Waals surface area contributed by atoms with Gasteiger partial charge in [0, 0.05) is 25.1 Å². The minimum Gasteiger partial charge on any atom is -0.467 e. The van der Waals surface area contributed by atoms with Crippen LogP contribution in [-0.4, -0.2) is 98.0 Å². The van der Waals surface area contributed by atoms with Crippen molar-refractivity contribution in [2.24, 2.45) is 16.7 Å². The van der Waals surface area contributed by atoms with E-state index < -0.39 is 47.7 Å². The van der Waals surface area contributed by atoms with E-state index >= 15 is 0 Å². The van der Waals surface area contributed by atoms with E-state index in [1.54, 1.807) is 4.90 Å². The van der Waals surface area contributed by atoms with Gasteiger partial charge in [-0.2, -0.15) is 0 Å². The highest BCUT2D eigenvalue weighted by atomic mass is 16.6. The summed E-state index contributed by atoms with van der Waals surface area (Å²) in [6.07, 6.45) is 3.73. The van der Waals surface area contributed by atoms with Crippen molar-refractivity contribution < 1.29 is 42.9 Å². The molecule has 0 aromatic heterocycles. The maximum Gasteiger partial charge on any atom is 0.410 e. The van der Waals surface area contributed by atoms with Gasteiger partial charge in [0.25, 0.3) is 0 Å². The summed E-state index contributed by atoms with van der Waals surface area (Å²) < 4.78 is 22.0. The number of alkyl carbamates (subject to hydrolysis) is 1. The number of hydrogen-bond acceptors (Lipinski definition) is 9. The van der Waals surface area contributed by atoms with Crippen molar-refractivity contribution in [3.8, 4) is 0 Å². The van der Waals surface area contributed by atoms with Crippen LogP contribution in [0, 0.1) is 16.7 Å². The van der Waals surface area contributed by atoms with Gasteiger partial charge in [-0.15, -0.1) is 0 Å². The number of carbonyl (C=O) groups is 5. The van der Waals surface area contributed by atoms with Gasteiger partial charge in [0.2, 0.25) is 5.91 Å². The van der Waals surface area contributed by atoms with Crippen molar-refractivity contribution in [3.63, 3.8) is 0 Å². The molecule has 4 atom stereocenters. The van der Waals surface area contributed by atoms with Gasteiger partial charge in [-0.05, 0) is 53.2 Å². The van der Waals surface area contributed by atoms with Gasteiger partial charge in [-0.1, -0.05) is 54.4 Å². The number of nitrogens with one attached hydrogen (secondary N) is 1. The molecule has 0 radical (unpaired) electrons. The van der Waals surface area contributed by atoms with Crippen molar-refractivity contribution in [2.75, 3.05) is 40.0 Å². The first-order chi connectivity index (χ1) is 21.1. The smallest absolute Gasteiger partial charge is 0.410 e. The first-order valence-corrected chi connectivity index (χ1v) is 16.0. The average Bonchev–Trinajstić information content (AvgIpc) is 3.58. The second-order valence-corrected chi connectivity index (χ2v) is 14.6. The van der Waals surface area contributed by atoms with Crippen LogP contribution < -0.4 is 5.32 Å². The van der Waals surface area contributed by atoms with Gasteiger partial charge < -0.3 is 29.2 Å². The van der Waals surface area contributed by atoms with Crippen LogP contribution in [0.15, 0.2) is 22.8 Å². The summed E-state index contributed by atoms with van der Waals surface area (Å²) in [6.45, 7) is 12.5. The largest absolute Gasteiger partial charge is 0.467 e. The Balaban J connectivity index is 1.57. The molecule has 4 aliphatic rings. The Labute approximate surface area is 265 Å². The van der Waals surface area contributed by atoms with Gasteiger partial charge in [-0.25, -0.2) is 19.2 Å². The summed E-state index contributed by atoms with van der Waals surface area (Å²) in [7, 11) is 1.24. The van der Waals surface area contributed by atoms with E-state index in [0.717, 1.165) is 36.8 Å². The molecule has 2 unspecified atom stereocenters. The van der Waals surface area contributed by atoms with E-state index in [9.17, 15) is 24.0 Å². The molecule has 1 N–H and O–H groups in total. The lowest BCUT2D eigenvalue weighted by atomic mass is 9.85. The summed E-state index contributed by atoms with van der Waals surface area (Å²) in [5.41, 5.74) is 1.56. The summed E-state index contributed by atoms with van der Waals surface area (Å²) in [4.78, 5) is 68.8. The SMILES string of the molecule is COC(=O)C1C[C@@H]2CN1C(=O)[C@H](C(C)(C)C)NC(=O)OCC(C)(C)CCCCCOC(=O)C1=CC3=C(CC1C)CN(C3)C(=O)O2. The summed E-state index contributed by atoms with van der Waals surface area (Å²) in [5, 5.41) is 2.73. The zero-order valence-electron chi connectivity index (χ0n) is 27.7. The monoisotopic (exact) mass is 631 g/mol. The minimum atomic E-state index is -1.01. The third kappa shape index (κ3) is 8.38. The molecule has 3 amide bonds. The number of nitrogens with zero attached hydrogens (tertiary/aromatic N) is 2. The maximum atomic E-state index is 14.0. The number of esters is 2. The second-order valence-electron chi connectivity index (χ2n) is 14.6. The van der Waals surface area contributed by atoms with Crippen LogP contribution in [0.25, 0.3) is 0 Å². The Morgan fingerprint density at radius 1 is 1.07 bits per heavy atom. The van der Waals surface area contributed by atoms with Crippen molar-refractivity contribution in [1.29, 1.82) is 0 Å². The highest BCUT2D eigenvalue weighted by molar-refractivity contribution is 5.91. The third-order valence-corrected chi connectivity index (χ3v) is 9.09. The molecule has 4 rings (SSSR count). The fourth-order valence-electron chi connectivity index (χ4n) is 6.39. The van der Waals surface area contributed by atoms with Crippen LogP contribution in [0.4, 0.5) is 9.59 Å². The third-order valence-electron chi connectivity index (χ3n) is 9.09. The number of hydrogen-bond donors (Lipinski definition) is 1. The number of amides is 3. The Morgan fingerprint density at radius 3 is 2.49 bits per heavy atom. The van der Waals surface area contributed by atoms with Crippen LogP contribution in [-0.2, 0) is 33.3 Å². The molecule has 12 heteroatoms. The van der Waals surface area contributed by atoms with Crippen LogP contribution >= 0.6 is 0 Å². The quantitative estimate of drug-likeness (QED) is 0.334. The molecule has 1 aliphatic carbocycles. The van der Waals surface area contributed by atoms with Crippen molar-refractivity contribution in [3.05, 3.63) is 22.8 Å². The molecule has 0 aromatic rings.